The van der Waals surface area contributed by atoms with Crippen molar-refractivity contribution in [1.82, 2.24) is 19.6 Å². The Bertz CT molecular complexity index is 719. The van der Waals surface area contributed by atoms with Crippen molar-refractivity contribution in [2.75, 3.05) is 21.2 Å². The third kappa shape index (κ3) is 2.94. The van der Waals surface area contributed by atoms with Crippen LogP contribution in [0.25, 0.3) is 0 Å². The van der Waals surface area contributed by atoms with Gasteiger partial charge in [-0.1, -0.05) is 0 Å². The monoisotopic (exact) mass is 314 g/mol. The SMILES string of the molecule is COc1ccc(C(=O)N2Cc3c(CN(C)C)nn(C)c3C2)cc1. The molecule has 0 saturated heterocycles. The van der Waals surface area contributed by atoms with E-state index < -0.39 is 0 Å². The molecule has 0 saturated carbocycles. The van der Waals surface area contributed by atoms with Gasteiger partial charge in [0.1, 0.15) is 5.75 Å². The molecular formula is C17H22N4O2. The summed E-state index contributed by atoms with van der Waals surface area (Å²) in [5.41, 5.74) is 4.05. The second-order valence-electron chi connectivity index (χ2n) is 6.12. The Morgan fingerprint density at radius 1 is 1.26 bits per heavy atom. The molecule has 2 heterocycles. The van der Waals surface area contributed by atoms with Gasteiger partial charge in [0.15, 0.2) is 0 Å². The van der Waals surface area contributed by atoms with Crippen molar-refractivity contribution in [3.63, 3.8) is 0 Å². The Kier molecular flexibility index (Phi) is 4.09. The summed E-state index contributed by atoms with van der Waals surface area (Å²) in [6.45, 7) is 2.02. The first-order valence-corrected chi connectivity index (χ1v) is 7.61. The summed E-state index contributed by atoms with van der Waals surface area (Å²) in [7, 11) is 7.61. The van der Waals surface area contributed by atoms with Crippen LogP contribution in [-0.2, 0) is 26.7 Å². The minimum atomic E-state index is 0.0413. The topological polar surface area (TPSA) is 50.6 Å². The van der Waals surface area contributed by atoms with Crippen molar-refractivity contribution in [2.24, 2.45) is 7.05 Å². The maximum absolute atomic E-state index is 12.7. The van der Waals surface area contributed by atoms with Gasteiger partial charge in [-0.05, 0) is 38.4 Å². The second kappa shape index (κ2) is 6.04. The van der Waals surface area contributed by atoms with Crippen LogP contribution in [0.1, 0.15) is 27.3 Å². The lowest BCUT2D eigenvalue weighted by atomic mass is 10.2. The molecule has 0 atom stereocenters. The molecule has 1 aliphatic heterocycles. The van der Waals surface area contributed by atoms with E-state index in [0.29, 0.717) is 18.7 Å². The van der Waals surface area contributed by atoms with Crippen molar-refractivity contribution >= 4 is 5.91 Å². The van der Waals surface area contributed by atoms with Crippen LogP contribution < -0.4 is 4.74 Å². The Hall–Kier alpha value is -2.34. The van der Waals surface area contributed by atoms with E-state index in [-0.39, 0.29) is 5.91 Å². The summed E-state index contributed by atoms with van der Waals surface area (Å²) in [6.07, 6.45) is 0. The number of fused-ring (bicyclic) bond motifs is 1. The Labute approximate surface area is 136 Å². The van der Waals surface area contributed by atoms with Gasteiger partial charge in [-0.3, -0.25) is 9.48 Å². The fourth-order valence-electron chi connectivity index (χ4n) is 2.96. The van der Waals surface area contributed by atoms with Crippen LogP contribution in [0.15, 0.2) is 24.3 Å². The van der Waals surface area contributed by atoms with Gasteiger partial charge in [0, 0.05) is 24.7 Å². The van der Waals surface area contributed by atoms with E-state index in [0.717, 1.165) is 23.7 Å². The number of carbonyl (C=O) groups excluding carboxylic acids is 1. The number of nitrogens with zero attached hydrogens (tertiary/aromatic N) is 4. The zero-order valence-electron chi connectivity index (χ0n) is 14.0. The summed E-state index contributed by atoms with van der Waals surface area (Å²) in [5.74, 6) is 0.795. The molecule has 0 bridgehead atoms. The summed E-state index contributed by atoms with van der Waals surface area (Å²) in [4.78, 5) is 16.7. The van der Waals surface area contributed by atoms with Gasteiger partial charge >= 0.3 is 0 Å². The molecule has 6 heteroatoms. The van der Waals surface area contributed by atoms with Crippen molar-refractivity contribution in [3.8, 4) is 5.75 Å². The van der Waals surface area contributed by atoms with Gasteiger partial charge < -0.3 is 14.5 Å². The summed E-state index contributed by atoms with van der Waals surface area (Å²) >= 11 is 0. The Morgan fingerprint density at radius 3 is 2.57 bits per heavy atom. The lowest BCUT2D eigenvalue weighted by molar-refractivity contribution is 0.0748. The van der Waals surface area contributed by atoms with Crippen molar-refractivity contribution in [2.45, 2.75) is 19.6 Å². The predicted molar refractivity (Wildman–Crippen MR) is 87.2 cm³/mol. The van der Waals surface area contributed by atoms with Crippen molar-refractivity contribution < 1.29 is 9.53 Å². The van der Waals surface area contributed by atoms with Gasteiger partial charge in [-0.2, -0.15) is 5.10 Å². The number of hydrogen-bond donors (Lipinski definition) is 0. The summed E-state index contributed by atoms with van der Waals surface area (Å²) in [5, 5.41) is 4.58. The van der Waals surface area contributed by atoms with Crippen LogP contribution in [0.2, 0.25) is 0 Å². The number of aromatic nitrogens is 2. The average molecular weight is 314 g/mol. The zero-order valence-corrected chi connectivity index (χ0v) is 14.0. The van der Waals surface area contributed by atoms with Gasteiger partial charge in [-0.15, -0.1) is 0 Å². The molecule has 6 nitrogen and oxygen atoms in total. The minimum Gasteiger partial charge on any atom is -0.497 e. The third-order valence-corrected chi connectivity index (χ3v) is 4.14. The highest BCUT2D eigenvalue weighted by atomic mass is 16.5. The van der Waals surface area contributed by atoms with E-state index >= 15 is 0 Å². The number of methoxy groups -OCH3 is 1. The lowest BCUT2D eigenvalue weighted by Crippen LogP contribution is -2.26. The molecule has 3 rings (SSSR count). The standard InChI is InChI=1S/C17H22N4O2/c1-19(2)10-15-14-9-21(11-16(14)20(3)18-15)17(22)12-5-7-13(23-4)8-6-12/h5-8H,9-11H2,1-4H3. The second-order valence-corrected chi connectivity index (χ2v) is 6.12. The highest BCUT2D eigenvalue weighted by Gasteiger charge is 2.30. The first-order valence-electron chi connectivity index (χ1n) is 7.61. The molecule has 23 heavy (non-hydrogen) atoms. The number of amides is 1. The first kappa shape index (κ1) is 15.6. The molecule has 0 radical (unpaired) electrons. The average Bonchev–Trinajstić information content (AvgIpc) is 3.08. The van der Waals surface area contributed by atoms with Gasteiger partial charge in [0.2, 0.25) is 0 Å². The van der Waals surface area contributed by atoms with Gasteiger partial charge in [0.25, 0.3) is 5.91 Å². The number of hydrogen-bond acceptors (Lipinski definition) is 4. The van der Waals surface area contributed by atoms with Crippen LogP contribution in [0, 0.1) is 0 Å². The molecule has 1 aliphatic rings. The first-order chi connectivity index (χ1) is 11.0. The molecular weight excluding hydrogens is 292 g/mol. The predicted octanol–water partition coefficient (Wildman–Crippen LogP) is 1.65. The fourth-order valence-corrected chi connectivity index (χ4v) is 2.96. The number of carbonyl (C=O) groups is 1. The zero-order chi connectivity index (χ0) is 16.6. The van der Waals surface area contributed by atoms with Gasteiger partial charge in [0.05, 0.1) is 31.6 Å². The van der Waals surface area contributed by atoms with Crippen LogP contribution in [0.4, 0.5) is 0 Å². The molecule has 1 amide bonds. The van der Waals surface area contributed by atoms with Crippen LogP contribution in [-0.4, -0.2) is 46.7 Å². The molecule has 0 unspecified atom stereocenters. The van der Waals surface area contributed by atoms with E-state index in [1.807, 2.05) is 55.0 Å². The highest BCUT2D eigenvalue weighted by molar-refractivity contribution is 5.94. The minimum absolute atomic E-state index is 0.0413. The maximum Gasteiger partial charge on any atom is 0.254 e. The molecule has 1 aromatic carbocycles. The van der Waals surface area contributed by atoms with E-state index in [4.69, 9.17) is 4.74 Å². The van der Waals surface area contributed by atoms with E-state index in [1.165, 1.54) is 5.56 Å². The molecule has 0 N–H and O–H groups in total. The van der Waals surface area contributed by atoms with Crippen LogP contribution >= 0.6 is 0 Å². The van der Waals surface area contributed by atoms with Crippen LogP contribution in [0.3, 0.4) is 0 Å². The molecule has 2 aromatic rings. The number of aryl methyl sites for hydroxylation is 1. The summed E-state index contributed by atoms with van der Waals surface area (Å²) < 4.78 is 7.04. The Morgan fingerprint density at radius 2 is 1.96 bits per heavy atom. The molecule has 0 fully saturated rings. The molecule has 0 aliphatic carbocycles. The normalized spacial score (nSPS) is 13.5. The lowest BCUT2D eigenvalue weighted by Gasteiger charge is -2.17. The molecule has 1 aromatic heterocycles. The third-order valence-electron chi connectivity index (χ3n) is 4.14. The number of benzene rings is 1. The summed E-state index contributed by atoms with van der Waals surface area (Å²) in [6, 6.07) is 7.25. The van der Waals surface area contributed by atoms with Gasteiger partial charge in [-0.25, -0.2) is 0 Å². The molecule has 0 spiro atoms. The maximum atomic E-state index is 12.7. The molecule has 122 valence electrons. The Balaban J connectivity index is 1.79. The van der Waals surface area contributed by atoms with E-state index in [2.05, 4.69) is 10.00 Å². The number of ether oxygens (including phenoxy) is 1. The quantitative estimate of drug-likeness (QED) is 0.861. The highest BCUT2D eigenvalue weighted by Crippen LogP contribution is 2.27. The van der Waals surface area contributed by atoms with E-state index in [1.54, 1.807) is 7.11 Å². The fraction of sp³-hybridized carbons (Fsp3) is 0.412. The smallest absolute Gasteiger partial charge is 0.254 e. The number of rotatable bonds is 4. The largest absolute Gasteiger partial charge is 0.497 e. The van der Waals surface area contributed by atoms with Crippen molar-refractivity contribution in [3.05, 3.63) is 46.8 Å². The van der Waals surface area contributed by atoms with E-state index in [9.17, 15) is 4.79 Å². The van der Waals surface area contributed by atoms with Crippen LogP contribution in [0.5, 0.6) is 5.75 Å². The van der Waals surface area contributed by atoms with Crippen molar-refractivity contribution in [1.29, 1.82) is 0 Å².